The Labute approximate surface area is 119 Å². The molecule has 0 unspecified atom stereocenters. The zero-order valence-corrected chi connectivity index (χ0v) is 12.4. The number of nitrogens with zero attached hydrogens (tertiary/aromatic N) is 2. The van der Waals surface area contributed by atoms with Gasteiger partial charge in [-0.1, -0.05) is 12.1 Å². The molecule has 2 aromatic heterocycles. The van der Waals surface area contributed by atoms with Gasteiger partial charge in [0.05, 0.1) is 0 Å². The third kappa shape index (κ3) is 4.65. The van der Waals surface area contributed by atoms with Crippen LogP contribution in [0.1, 0.15) is 17.4 Å². The van der Waals surface area contributed by atoms with Gasteiger partial charge in [0.25, 0.3) is 0 Å². The Morgan fingerprint density at radius 3 is 2.84 bits per heavy atom. The van der Waals surface area contributed by atoms with Crippen LogP contribution >= 0.6 is 11.3 Å². The van der Waals surface area contributed by atoms with E-state index in [-0.39, 0.29) is 0 Å². The Kier molecular flexibility index (Phi) is 5.36. The lowest BCUT2D eigenvalue weighted by Crippen LogP contribution is -2.20. The predicted octanol–water partition coefficient (Wildman–Crippen LogP) is 3.25. The Hall–Kier alpha value is -1.39. The zero-order chi connectivity index (χ0) is 13.5. The lowest BCUT2D eigenvalue weighted by Gasteiger charge is -2.16. The number of hydrogen-bond donors (Lipinski definition) is 1. The summed E-state index contributed by atoms with van der Waals surface area (Å²) in [4.78, 5) is 8.18. The third-order valence-corrected chi connectivity index (χ3v) is 3.89. The number of rotatable bonds is 7. The molecule has 4 heteroatoms. The fraction of sp³-hybridized carbons (Fsp3) is 0.400. The lowest BCUT2D eigenvalue weighted by molar-refractivity contribution is 0.331. The summed E-state index contributed by atoms with van der Waals surface area (Å²) in [6, 6.07) is 8.51. The normalized spacial score (nSPS) is 10.9. The van der Waals surface area contributed by atoms with E-state index in [1.54, 1.807) is 0 Å². The Morgan fingerprint density at radius 2 is 2.21 bits per heavy atom. The number of nitrogens with one attached hydrogen (secondary N) is 1. The fourth-order valence-corrected chi connectivity index (χ4v) is 2.65. The van der Waals surface area contributed by atoms with Crippen LogP contribution in [-0.4, -0.2) is 30.0 Å². The molecule has 0 saturated heterocycles. The third-order valence-electron chi connectivity index (χ3n) is 2.96. The van der Waals surface area contributed by atoms with Crippen LogP contribution in [0.5, 0.6) is 0 Å². The molecular formula is C15H21N3S. The summed E-state index contributed by atoms with van der Waals surface area (Å²) in [5.41, 5.74) is 1.26. The number of aromatic nitrogens is 1. The molecule has 0 saturated carbocycles. The average molecular weight is 275 g/mol. The average Bonchev–Trinajstić information content (AvgIpc) is 2.92. The van der Waals surface area contributed by atoms with Gasteiger partial charge in [-0.2, -0.15) is 0 Å². The van der Waals surface area contributed by atoms with Crippen LogP contribution in [0.15, 0.2) is 35.8 Å². The van der Waals surface area contributed by atoms with Crippen LogP contribution in [0.25, 0.3) is 0 Å². The first-order valence-corrected chi connectivity index (χ1v) is 7.55. The second-order valence-corrected chi connectivity index (χ2v) is 5.68. The molecule has 0 aromatic carbocycles. The van der Waals surface area contributed by atoms with E-state index in [2.05, 4.69) is 52.8 Å². The Morgan fingerprint density at radius 1 is 1.32 bits per heavy atom. The van der Waals surface area contributed by atoms with Gasteiger partial charge in [-0.25, -0.2) is 4.98 Å². The first-order valence-electron chi connectivity index (χ1n) is 6.67. The summed E-state index contributed by atoms with van der Waals surface area (Å²) >= 11 is 1.83. The molecule has 3 nitrogen and oxygen atoms in total. The summed E-state index contributed by atoms with van der Waals surface area (Å²) in [5.74, 6) is 0.951. The topological polar surface area (TPSA) is 28.2 Å². The van der Waals surface area contributed by atoms with E-state index < -0.39 is 0 Å². The van der Waals surface area contributed by atoms with Crippen molar-refractivity contribution < 1.29 is 0 Å². The van der Waals surface area contributed by atoms with Crippen molar-refractivity contribution >= 4 is 17.2 Å². The summed E-state index contributed by atoms with van der Waals surface area (Å²) in [7, 11) is 2.16. The molecule has 0 amide bonds. The summed E-state index contributed by atoms with van der Waals surface area (Å²) in [5, 5.41) is 5.35. The van der Waals surface area contributed by atoms with Crippen molar-refractivity contribution in [3.63, 3.8) is 0 Å². The highest BCUT2D eigenvalue weighted by Crippen LogP contribution is 2.11. The van der Waals surface area contributed by atoms with Crippen LogP contribution < -0.4 is 5.32 Å². The Bertz CT molecular complexity index is 465. The van der Waals surface area contributed by atoms with Gasteiger partial charge in [0.15, 0.2) is 0 Å². The van der Waals surface area contributed by atoms with Crippen molar-refractivity contribution in [2.45, 2.75) is 19.9 Å². The SMILES string of the molecule is CCNc1ccc(CN(C)CCc2cccs2)cn1. The molecule has 2 rings (SSSR count). The molecule has 0 fully saturated rings. The van der Waals surface area contributed by atoms with Crippen molar-refractivity contribution in [1.29, 1.82) is 0 Å². The number of likely N-dealkylation sites (N-methyl/N-ethyl adjacent to an activating group) is 1. The number of pyridine rings is 1. The van der Waals surface area contributed by atoms with Crippen molar-refractivity contribution in [2.24, 2.45) is 0 Å². The second-order valence-electron chi connectivity index (χ2n) is 4.65. The van der Waals surface area contributed by atoms with E-state index in [1.807, 2.05) is 23.6 Å². The highest BCUT2D eigenvalue weighted by Gasteiger charge is 2.02. The van der Waals surface area contributed by atoms with Crippen LogP contribution in [0.2, 0.25) is 0 Å². The molecule has 2 aromatic rings. The maximum absolute atomic E-state index is 4.40. The minimum Gasteiger partial charge on any atom is -0.370 e. The standard InChI is InChI=1S/C15H21N3S/c1-3-16-15-7-6-13(11-17-15)12-18(2)9-8-14-5-4-10-19-14/h4-7,10-11H,3,8-9,12H2,1-2H3,(H,16,17). The zero-order valence-electron chi connectivity index (χ0n) is 11.6. The van der Waals surface area contributed by atoms with Crippen LogP contribution in [-0.2, 0) is 13.0 Å². The monoisotopic (exact) mass is 275 g/mol. The van der Waals surface area contributed by atoms with Gasteiger partial charge in [0.1, 0.15) is 5.82 Å². The predicted molar refractivity (Wildman–Crippen MR) is 82.8 cm³/mol. The highest BCUT2D eigenvalue weighted by atomic mass is 32.1. The van der Waals surface area contributed by atoms with E-state index >= 15 is 0 Å². The molecule has 0 aliphatic rings. The van der Waals surface area contributed by atoms with Gasteiger partial charge in [-0.15, -0.1) is 11.3 Å². The van der Waals surface area contributed by atoms with Crippen molar-refractivity contribution in [3.05, 3.63) is 46.3 Å². The summed E-state index contributed by atoms with van der Waals surface area (Å²) < 4.78 is 0. The molecular weight excluding hydrogens is 254 g/mol. The van der Waals surface area contributed by atoms with Gasteiger partial charge >= 0.3 is 0 Å². The molecule has 2 heterocycles. The van der Waals surface area contributed by atoms with Gasteiger partial charge in [0.2, 0.25) is 0 Å². The van der Waals surface area contributed by atoms with Crippen molar-refractivity contribution in [2.75, 3.05) is 25.5 Å². The van der Waals surface area contributed by atoms with Gasteiger partial charge < -0.3 is 10.2 Å². The first kappa shape index (κ1) is 14.0. The molecule has 0 aliphatic heterocycles. The number of anilines is 1. The minimum atomic E-state index is 0.910. The molecule has 19 heavy (non-hydrogen) atoms. The maximum Gasteiger partial charge on any atom is 0.125 e. The quantitative estimate of drug-likeness (QED) is 0.840. The minimum absolute atomic E-state index is 0.910. The smallest absolute Gasteiger partial charge is 0.125 e. The molecule has 0 bridgehead atoms. The van der Waals surface area contributed by atoms with E-state index in [1.165, 1.54) is 10.4 Å². The van der Waals surface area contributed by atoms with E-state index in [0.717, 1.165) is 31.9 Å². The molecule has 0 atom stereocenters. The van der Waals surface area contributed by atoms with Crippen LogP contribution in [0, 0.1) is 0 Å². The van der Waals surface area contributed by atoms with Crippen molar-refractivity contribution in [1.82, 2.24) is 9.88 Å². The second kappa shape index (κ2) is 7.26. The van der Waals surface area contributed by atoms with E-state index in [0.29, 0.717) is 0 Å². The Balaban J connectivity index is 1.79. The molecule has 0 spiro atoms. The van der Waals surface area contributed by atoms with E-state index in [9.17, 15) is 0 Å². The lowest BCUT2D eigenvalue weighted by atomic mass is 10.2. The summed E-state index contributed by atoms with van der Waals surface area (Å²) in [6.07, 6.45) is 3.08. The highest BCUT2D eigenvalue weighted by molar-refractivity contribution is 7.09. The largest absolute Gasteiger partial charge is 0.370 e. The fourth-order valence-electron chi connectivity index (χ4n) is 1.95. The number of thiophene rings is 1. The summed E-state index contributed by atoms with van der Waals surface area (Å²) in [6.45, 7) is 5.02. The number of hydrogen-bond acceptors (Lipinski definition) is 4. The molecule has 0 aliphatic carbocycles. The van der Waals surface area contributed by atoms with Crippen molar-refractivity contribution in [3.8, 4) is 0 Å². The van der Waals surface area contributed by atoms with Crippen LogP contribution in [0.4, 0.5) is 5.82 Å². The van der Waals surface area contributed by atoms with Crippen LogP contribution in [0.3, 0.4) is 0 Å². The van der Waals surface area contributed by atoms with Gasteiger partial charge in [0, 0.05) is 30.7 Å². The maximum atomic E-state index is 4.40. The molecule has 102 valence electrons. The molecule has 1 N–H and O–H groups in total. The van der Waals surface area contributed by atoms with Gasteiger partial charge in [-0.05, 0) is 43.5 Å². The first-order chi connectivity index (χ1) is 9.28. The molecule has 0 radical (unpaired) electrons. The van der Waals surface area contributed by atoms with E-state index in [4.69, 9.17) is 0 Å². The van der Waals surface area contributed by atoms with Gasteiger partial charge in [-0.3, -0.25) is 0 Å².